The fourth-order valence-electron chi connectivity index (χ4n) is 9.04. The molecule has 4 saturated carbocycles. The van der Waals surface area contributed by atoms with Crippen molar-refractivity contribution >= 4 is 5.97 Å². The number of carbonyl (C=O) groups is 1. The molecule has 4 rings (SSSR count). The molecule has 0 aromatic rings. The van der Waals surface area contributed by atoms with E-state index in [2.05, 4.69) is 20.8 Å². The number of rotatable bonds is 4. The number of aliphatic hydroxyl groups excluding tert-OH is 1. The van der Waals surface area contributed by atoms with Gasteiger partial charge in [0, 0.05) is 6.42 Å². The number of carbonyl (C=O) groups excluding carboxylic acids is 1. The van der Waals surface area contributed by atoms with Crippen molar-refractivity contribution in [3.05, 3.63) is 0 Å². The highest BCUT2D eigenvalue weighted by atomic mass is 16.5. The number of methoxy groups -OCH3 is 1. The van der Waals surface area contributed by atoms with E-state index in [9.17, 15) is 9.90 Å². The second kappa shape index (κ2) is 8.17. The minimum absolute atomic E-state index is 0.0537. The van der Waals surface area contributed by atoms with Crippen LogP contribution in [0.5, 0.6) is 0 Å². The number of aliphatic hydroxyl groups is 1. The van der Waals surface area contributed by atoms with Crippen LogP contribution < -0.4 is 0 Å². The van der Waals surface area contributed by atoms with Crippen molar-refractivity contribution in [2.75, 3.05) is 7.11 Å². The lowest BCUT2D eigenvalue weighted by Gasteiger charge is -2.59. The topological polar surface area (TPSA) is 46.5 Å². The number of fused-ring (bicyclic) bond motifs is 5. The van der Waals surface area contributed by atoms with Crippen molar-refractivity contribution in [2.45, 2.75) is 104 Å². The van der Waals surface area contributed by atoms with Crippen molar-refractivity contribution in [3.8, 4) is 0 Å². The first kappa shape index (κ1) is 21.7. The lowest BCUT2D eigenvalue weighted by atomic mass is 9.46. The predicted molar refractivity (Wildman–Crippen MR) is 116 cm³/mol. The Bertz CT molecular complexity index is 603. The molecule has 4 fully saturated rings. The molecule has 0 amide bonds. The van der Waals surface area contributed by atoms with Gasteiger partial charge in [-0.1, -0.05) is 20.8 Å². The molecule has 4 aliphatic rings. The zero-order valence-corrected chi connectivity index (χ0v) is 19.3. The van der Waals surface area contributed by atoms with E-state index in [-0.39, 0.29) is 12.1 Å². The van der Waals surface area contributed by atoms with Crippen molar-refractivity contribution in [3.63, 3.8) is 0 Å². The van der Waals surface area contributed by atoms with Crippen LogP contribution in [0.15, 0.2) is 0 Å². The smallest absolute Gasteiger partial charge is 0.305 e. The third-order valence-electron chi connectivity index (χ3n) is 10.7. The van der Waals surface area contributed by atoms with Crippen LogP contribution in [-0.4, -0.2) is 24.3 Å². The van der Waals surface area contributed by atoms with Gasteiger partial charge in [0.15, 0.2) is 0 Å². The molecule has 9 atom stereocenters. The van der Waals surface area contributed by atoms with Crippen LogP contribution in [0.4, 0.5) is 0 Å². The van der Waals surface area contributed by atoms with Crippen LogP contribution in [-0.2, 0) is 9.53 Å². The Morgan fingerprint density at radius 2 is 1.66 bits per heavy atom. The molecule has 0 saturated heterocycles. The molecule has 9 unspecified atom stereocenters. The fourth-order valence-corrected chi connectivity index (χ4v) is 9.04. The quantitative estimate of drug-likeness (QED) is 0.586. The number of hydrogen-bond acceptors (Lipinski definition) is 3. The first-order valence-corrected chi connectivity index (χ1v) is 12.5. The predicted octanol–water partition coefficient (Wildman–Crippen LogP) is 5.99. The van der Waals surface area contributed by atoms with Gasteiger partial charge in [-0.15, -0.1) is 0 Å². The van der Waals surface area contributed by atoms with Crippen LogP contribution in [0.3, 0.4) is 0 Å². The second-order valence-electron chi connectivity index (χ2n) is 11.7. The Labute approximate surface area is 178 Å². The standard InChI is InChI=1S/C26H44O3/c1-17(5-12-24(28)29-4)21-10-11-22-20-9-7-18-6-8-19(27)13-15-25(18,2)23(20)14-16-26(21,22)3/h17-23,27H,5-16H2,1-4H3. The van der Waals surface area contributed by atoms with Crippen molar-refractivity contribution in [2.24, 2.45) is 46.3 Å². The van der Waals surface area contributed by atoms with Gasteiger partial charge in [0.05, 0.1) is 13.2 Å². The number of esters is 1. The number of hydrogen-bond donors (Lipinski definition) is 1. The summed E-state index contributed by atoms with van der Waals surface area (Å²) in [6.07, 6.45) is 14.3. The highest BCUT2D eigenvalue weighted by molar-refractivity contribution is 5.69. The normalized spacial score (nSPS) is 48.0. The van der Waals surface area contributed by atoms with Crippen LogP contribution in [0.1, 0.15) is 97.8 Å². The molecule has 0 radical (unpaired) electrons. The molecule has 0 bridgehead atoms. The molecular weight excluding hydrogens is 360 g/mol. The van der Waals surface area contributed by atoms with Crippen LogP contribution in [0.2, 0.25) is 0 Å². The van der Waals surface area contributed by atoms with E-state index in [1.54, 1.807) is 0 Å². The van der Waals surface area contributed by atoms with Crippen molar-refractivity contribution in [1.29, 1.82) is 0 Å². The molecule has 0 heterocycles. The summed E-state index contributed by atoms with van der Waals surface area (Å²) in [5.41, 5.74) is 0.917. The summed E-state index contributed by atoms with van der Waals surface area (Å²) in [6.45, 7) is 7.59. The molecule has 0 aromatic carbocycles. The van der Waals surface area contributed by atoms with Gasteiger partial charge >= 0.3 is 5.97 Å². The summed E-state index contributed by atoms with van der Waals surface area (Å²) in [5.74, 6) is 4.79. The lowest BCUT2D eigenvalue weighted by Crippen LogP contribution is -2.52. The molecule has 166 valence electrons. The zero-order chi connectivity index (χ0) is 20.8. The number of ether oxygens (including phenoxy) is 1. The first-order valence-electron chi connectivity index (χ1n) is 12.5. The highest BCUT2D eigenvalue weighted by Crippen LogP contribution is 2.68. The SMILES string of the molecule is COC(=O)CCC(C)C1CCC2C3CCC4CCC(O)CCC4(C)C3CCC12C. The molecule has 3 nitrogen and oxygen atoms in total. The Morgan fingerprint density at radius 3 is 2.41 bits per heavy atom. The molecule has 29 heavy (non-hydrogen) atoms. The zero-order valence-electron chi connectivity index (χ0n) is 19.3. The maximum Gasteiger partial charge on any atom is 0.305 e. The average molecular weight is 405 g/mol. The van der Waals surface area contributed by atoms with E-state index in [0.29, 0.717) is 23.2 Å². The largest absolute Gasteiger partial charge is 0.469 e. The molecule has 4 aliphatic carbocycles. The summed E-state index contributed by atoms with van der Waals surface area (Å²) in [7, 11) is 1.50. The molecule has 0 aromatic heterocycles. The summed E-state index contributed by atoms with van der Waals surface area (Å²) in [5, 5.41) is 10.3. The average Bonchev–Trinajstić information content (AvgIpc) is 2.98. The minimum atomic E-state index is -0.0590. The van der Waals surface area contributed by atoms with Crippen molar-refractivity contribution < 1.29 is 14.6 Å². The molecular formula is C26H44O3. The van der Waals surface area contributed by atoms with Gasteiger partial charge in [0.1, 0.15) is 0 Å². The highest BCUT2D eigenvalue weighted by Gasteiger charge is 2.60. The summed E-state index contributed by atoms with van der Waals surface area (Å²) < 4.78 is 4.89. The Balaban J connectivity index is 1.49. The summed E-state index contributed by atoms with van der Waals surface area (Å²) >= 11 is 0. The maximum atomic E-state index is 11.7. The lowest BCUT2D eigenvalue weighted by molar-refractivity contribution is -0.141. The van der Waals surface area contributed by atoms with E-state index < -0.39 is 0 Å². The summed E-state index contributed by atoms with van der Waals surface area (Å²) in [4.78, 5) is 11.7. The molecule has 0 spiro atoms. The summed E-state index contributed by atoms with van der Waals surface area (Å²) in [6, 6.07) is 0. The van der Waals surface area contributed by atoms with Gasteiger partial charge < -0.3 is 9.84 Å². The maximum absolute atomic E-state index is 11.7. The third-order valence-corrected chi connectivity index (χ3v) is 10.7. The van der Waals surface area contributed by atoms with E-state index in [0.717, 1.165) is 48.9 Å². The molecule has 0 aliphatic heterocycles. The van der Waals surface area contributed by atoms with E-state index in [1.165, 1.54) is 58.5 Å². The molecule has 1 N–H and O–H groups in total. The van der Waals surface area contributed by atoms with Crippen molar-refractivity contribution in [1.82, 2.24) is 0 Å². The van der Waals surface area contributed by atoms with Gasteiger partial charge in [-0.25, -0.2) is 0 Å². The monoisotopic (exact) mass is 404 g/mol. The van der Waals surface area contributed by atoms with Gasteiger partial charge in [-0.05, 0) is 117 Å². The second-order valence-corrected chi connectivity index (χ2v) is 11.7. The van der Waals surface area contributed by atoms with Gasteiger partial charge in [0.25, 0.3) is 0 Å². The van der Waals surface area contributed by atoms with Crippen LogP contribution in [0, 0.1) is 46.3 Å². The van der Waals surface area contributed by atoms with E-state index >= 15 is 0 Å². The minimum Gasteiger partial charge on any atom is -0.469 e. The Morgan fingerprint density at radius 1 is 0.966 bits per heavy atom. The van der Waals surface area contributed by atoms with E-state index in [4.69, 9.17) is 4.74 Å². The Kier molecular flexibility index (Phi) is 6.10. The third kappa shape index (κ3) is 3.68. The first-order chi connectivity index (χ1) is 13.8. The van der Waals surface area contributed by atoms with Gasteiger partial charge in [-0.3, -0.25) is 4.79 Å². The fraction of sp³-hybridized carbons (Fsp3) is 0.962. The van der Waals surface area contributed by atoms with Gasteiger partial charge in [-0.2, -0.15) is 0 Å². The Hall–Kier alpha value is -0.570. The van der Waals surface area contributed by atoms with E-state index in [1.807, 2.05) is 0 Å². The van der Waals surface area contributed by atoms with Crippen LogP contribution in [0.25, 0.3) is 0 Å². The van der Waals surface area contributed by atoms with Crippen LogP contribution >= 0.6 is 0 Å². The van der Waals surface area contributed by atoms with Gasteiger partial charge in [0.2, 0.25) is 0 Å². The molecule has 3 heteroatoms.